The van der Waals surface area contributed by atoms with E-state index in [9.17, 15) is 19.5 Å². The zero-order chi connectivity index (χ0) is 31.3. The first-order valence-corrected chi connectivity index (χ1v) is 18.1. The molecule has 230 valence electrons. The van der Waals surface area contributed by atoms with Crippen LogP contribution in [0.4, 0.5) is 4.79 Å². The quantitative estimate of drug-likeness (QED) is 0.173. The molecular weight excluding hydrogens is 566 g/mol. The minimum Gasteiger partial charge on any atom is -0.458 e. The van der Waals surface area contributed by atoms with Crippen molar-refractivity contribution < 1.29 is 28.9 Å². The second-order valence-corrected chi connectivity index (χ2v) is 17.8. The number of nitrogens with one attached hydrogen (secondary N) is 1. The summed E-state index contributed by atoms with van der Waals surface area (Å²) in [5, 5.41) is 15.7. The van der Waals surface area contributed by atoms with Crippen molar-refractivity contribution in [3.05, 3.63) is 57.4 Å². The maximum atomic E-state index is 14.1. The molecule has 43 heavy (non-hydrogen) atoms. The van der Waals surface area contributed by atoms with Crippen LogP contribution in [-0.4, -0.2) is 53.2 Å². The standard InChI is InChI=1S/C32H41N3O7Si/c1-8-14-43(6,7)27-19-12-10-11-13-23(19)34-26-20(27)17-35-24(26)15-22-21(28(35)37)18-40-29(38)32(22,9-2)41-25(36)16-33-30(39)42-31(3,4)5/h10-13,15,25,36H,8-9,14,16-18H2,1-7H3,(H,33,39)/t25?,32-/m0/s1. The first-order chi connectivity index (χ1) is 20.2. The monoisotopic (exact) mass is 607 g/mol. The Morgan fingerprint density at radius 2 is 1.93 bits per heavy atom. The van der Waals surface area contributed by atoms with Gasteiger partial charge in [0.2, 0.25) is 0 Å². The number of benzene rings is 1. The molecule has 5 rings (SSSR count). The van der Waals surface area contributed by atoms with Crippen LogP contribution >= 0.6 is 0 Å². The number of ether oxygens (including phenoxy) is 3. The van der Waals surface area contributed by atoms with Gasteiger partial charge in [0.25, 0.3) is 5.56 Å². The van der Waals surface area contributed by atoms with E-state index in [2.05, 4.69) is 31.4 Å². The molecule has 0 fully saturated rings. The number of nitrogens with zero attached hydrogens (tertiary/aromatic N) is 2. The average Bonchev–Trinajstić information content (AvgIpc) is 3.29. The number of aromatic nitrogens is 2. The van der Waals surface area contributed by atoms with Crippen LogP contribution in [0.15, 0.2) is 35.1 Å². The summed E-state index contributed by atoms with van der Waals surface area (Å²) < 4.78 is 18.4. The third kappa shape index (κ3) is 5.49. The van der Waals surface area contributed by atoms with E-state index >= 15 is 0 Å². The fourth-order valence-electron chi connectivity index (χ4n) is 6.49. The van der Waals surface area contributed by atoms with Crippen molar-refractivity contribution >= 4 is 36.2 Å². The van der Waals surface area contributed by atoms with Crippen molar-refractivity contribution in [3.8, 4) is 11.4 Å². The smallest absolute Gasteiger partial charge is 0.407 e. The summed E-state index contributed by atoms with van der Waals surface area (Å²) in [4.78, 5) is 44.6. The number of hydrogen-bond acceptors (Lipinski definition) is 8. The number of aliphatic hydroxyl groups is 1. The van der Waals surface area contributed by atoms with Gasteiger partial charge in [0.1, 0.15) is 12.2 Å². The van der Waals surface area contributed by atoms with Gasteiger partial charge in [0, 0.05) is 5.56 Å². The molecule has 2 N–H and O–H groups in total. The van der Waals surface area contributed by atoms with Crippen molar-refractivity contribution in [2.45, 2.75) is 97.2 Å². The summed E-state index contributed by atoms with van der Waals surface area (Å²) >= 11 is 0. The molecule has 0 saturated carbocycles. The maximum absolute atomic E-state index is 14.1. The van der Waals surface area contributed by atoms with Gasteiger partial charge >= 0.3 is 12.1 Å². The van der Waals surface area contributed by atoms with Crippen LogP contribution in [0.5, 0.6) is 0 Å². The van der Waals surface area contributed by atoms with Gasteiger partial charge in [0.15, 0.2) is 11.9 Å². The highest BCUT2D eigenvalue weighted by atomic mass is 28.3. The van der Waals surface area contributed by atoms with Crippen LogP contribution < -0.4 is 16.1 Å². The topological polar surface area (TPSA) is 129 Å². The molecule has 0 bridgehead atoms. The Morgan fingerprint density at radius 1 is 1.21 bits per heavy atom. The van der Waals surface area contributed by atoms with E-state index in [1.54, 1.807) is 38.3 Å². The minimum atomic E-state index is -1.93. The molecule has 1 unspecified atom stereocenters. The summed E-state index contributed by atoms with van der Waals surface area (Å²) in [5.74, 6) is -0.704. The molecule has 0 spiro atoms. The summed E-state index contributed by atoms with van der Waals surface area (Å²) in [6.45, 7) is 13.7. The first kappa shape index (κ1) is 30.9. The maximum Gasteiger partial charge on any atom is 0.407 e. The SMILES string of the molecule is CCC[Si](C)(C)c1c2c(nc3ccccc13)-c1cc3c(c(=O)n1C2)COC(=O)[C@@]3(CC)OC(O)CNC(=O)OC(C)(C)C. The predicted molar refractivity (Wildman–Crippen MR) is 166 cm³/mol. The van der Waals surface area contributed by atoms with Gasteiger partial charge in [-0.25, -0.2) is 14.6 Å². The van der Waals surface area contributed by atoms with E-state index in [4.69, 9.17) is 19.2 Å². The molecule has 0 saturated heterocycles. The molecule has 1 amide bonds. The third-order valence-corrected chi connectivity index (χ3v) is 11.9. The van der Waals surface area contributed by atoms with Crippen molar-refractivity contribution in [1.82, 2.24) is 14.9 Å². The van der Waals surface area contributed by atoms with Crippen LogP contribution in [-0.2, 0) is 37.8 Å². The fourth-order valence-corrected chi connectivity index (χ4v) is 9.95. The molecule has 0 radical (unpaired) electrons. The fraction of sp³-hybridized carbons (Fsp3) is 0.500. The Morgan fingerprint density at radius 3 is 2.60 bits per heavy atom. The first-order valence-electron chi connectivity index (χ1n) is 14.9. The van der Waals surface area contributed by atoms with E-state index < -0.39 is 37.6 Å². The highest BCUT2D eigenvalue weighted by Gasteiger charge is 2.50. The molecule has 2 aliphatic heterocycles. The number of carbonyl (C=O) groups excluding carboxylic acids is 2. The van der Waals surface area contributed by atoms with E-state index in [1.807, 2.05) is 18.2 Å². The number of rotatable bonds is 8. The Hall–Kier alpha value is -3.54. The lowest BCUT2D eigenvalue weighted by atomic mass is 9.85. The molecule has 3 aromatic rings. The number of esters is 1. The molecule has 2 aliphatic rings. The van der Waals surface area contributed by atoms with Crippen molar-refractivity contribution in [2.24, 2.45) is 0 Å². The average molecular weight is 608 g/mol. The lowest BCUT2D eigenvalue weighted by Crippen LogP contribution is -2.50. The number of fused-ring (bicyclic) bond motifs is 5. The Labute approximate surface area is 252 Å². The van der Waals surface area contributed by atoms with Crippen LogP contribution in [0.25, 0.3) is 22.3 Å². The van der Waals surface area contributed by atoms with Crippen LogP contribution in [0.1, 0.15) is 64.2 Å². The second kappa shape index (κ2) is 11.2. The molecule has 2 aromatic heterocycles. The number of cyclic esters (lactones) is 1. The van der Waals surface area contributed by atoms with Gasteiger partial charge < -0.3 is 29.2 Å². The minimum absolute atomic E-state index is 0.0882. The molecule has 0 aliphatic carbocycles. The molecule has 4 heterocycles. The Kier molecular flexibility index (Phi) is 8.04. The zero-order valence-electron chi connectivity index (χ0n) is 26.0. The molecule has 1 aromatic carbocycles. The molecule has 2 atom stereocenters. The van der Waals surface area contributed by atoms with Gasteiger partial charge in [-0.3, -0.25) is 4.79 Å². The van der Waals surface area contributed by atoms with Crippen molar-refractivity contribution in [3.63, 3.8) is 0 Å². The Bertz CT molecular complexity index is 1660. The van der Waals surface area contributed by atoms with Gasteiger partial charge in [-0.05, 0) is 55.5 Å². The number of amides is 1. The molecular formula is C32H41N3O7Si. The lowest BCUT2D eigenvalue weighted by Gasteiger charge is -2.37. The van der Waals surface area contributed by atoms with E-state index in [0.717, 1.165) is 34.6 Å². The molecule has 10 nitrogen and oxygen atoms in total. The van der Waals surface area contributed by atoms with Crippen LogP contribution in [0.3, 0.4) is 0 Å². The lowest BCUT2D eigenvalue weighted by molar-refractivity contribution is -0.219. The van der Waals surface area contributed by atoms with Gasteiger partial charge in [-0.2, -0.15) is 0 Å². The highest BCUT2D eigenvalue weighted by molar-refractivity contribution is 6.91. The van der Waals surface area contributed by atoms with E-state index in [0.29, 0.717) is 23.4 Å². The van der Waals surface area contributed by atoms with Crippen molar-refractivity contribution in [1.29, 1.82) is 0 Å². The number of alkyl carbamates (subject to hydrolysis) is 1. The number of aliphatic hydroxyl groups excluding tert-OH is 1. The Balaban J connectivity index is 1.61. The number of para-hydroxylation sites is 1. The predicted octanol–water partition coefficient (Wildman–Crippen LogP) is 4.27. The second-order valence-electron chi connectivity index (χ2n) is 13.0. The highest BCUT2D eigenvalue weighted by Crippen LogP contribution is 2.41. The summed E-state index contributed by atoms with van der Waals surface area (Å²) in [7, 11) is -1.93. The summed E-state index contributed by atoms with van der Waals surface area (Å²) in [6.07, 6.45) is -1.16. The van der Waals surface area contributed by atoms with E-state index in [1.165, 1.54) is 5.19 Å². The number of pyridine rings is 2. The normalized spacial score (nSPS) is 18.5. The largest absolute Gasteiger partial charge is 0.458 e. The van der Waals surface area contributed by atoms with Crippen LogP contribution in [0, 0.1) is 0 Å². The molecule has 11 heteroatoms. The van der Waals surface area contributed by atoms with Crippen molar-refractivity contribution in [2.75, 3.05) is 6.54 Å². The zero-order valence-corrected chi connectivity index (χ0v) is 27.0. The summed E-state index contributed by atoms with van der Waals surface area (Å²) in [6, 6.07) is 11.0. The van der Waals surface area contributed by atoms with E-state index in [-0.39, 0.29) is 25.1 Å². The summed E-state index contributed by atoms with van der Waals surface area (Å²) in [5.41, 5.74) is 1.19. The van der Waals surface area contributed by atoms with Gasteiger partial charge in [0.05, 0.1) is 43.6 Å². The van der Waals surface area contributed by atoms with Crippen LogP contribution in [0.2, 0.25) is 19.1 Å². The number of hydrogen-bond donors (Lipinski definition) is 2. The number of carbonyl (C=O) groups is 2. The van der Waals surface area contributed by atoms with Gasteiger partial charge in [-0.1, -0.05) is 57.6 Å². The van der Waals surface area contributed by atoms with Gasteiger partial charge in [-0.15, -0.1) is 0 Å². The third-order valence-electron chi connectivity index (χ3n) is 8.27.